The van der Waals surface area contributed by atoms with Crippen LogP contribution in [0.4, 0.5) is 13.2 Å². The zero-order chi connectivity index (χ0) is 27.7. The Morgan fingerprint density at radius 1 is 0.895 bits per heavy atom. The lowest BCUT2D eigenvalue weighted by atomic mass is 9.91. The van der Waals surface area contributed by atoms with Crippen LogP contribution in [0.2, 0.25) is 0 Å². The number of rotatable bonds is 3. The number of hydrogen-bond donors (Lipinski definition) is 0. The van der Waals surface area contributed by atoms with Crippen LogP contribution in [0.1, 0.15) is 58.1 Å². The van der Waals surface area contributed by atoms with Crippen LogP contribution < -0.4 is 0 Å². The first-order valence-electron chi connectivity index (χ1n) is 14.5. The first kappa shape index (κ1) is 30.7. The Hall–Kier alpha value is -1.83. The fourth-order valence-corrected chi connectivity index (χ4v) is 5.74. The number of ether oxygens (including phenoxy) is 1. The summed E-state index contributed by atoms with van der Waals surface area (Å²) in [6.07, 6.45) is 3.85. The first-order chi connectivity index (χ1) is 18.2. The maximum Gasteiger partial charge on any atom is 0.393 e. The van der Waals surface area contributed by atoms with E-state index in [9.17, 15) is 13.2 Å². The number of aryl methyl sites for hydroxylation is 1. The Bertz CT molecular complexity index is 906. The van der Waals surface area contributed by atoms with E-state index in [1.807, 2.05) is 20.8 Å². The second-order valence-electron chi connectivity index (χ2n) is 10.9. The average Bonchev–Trinajstić information content (AvgIpc) is 2.92. The maximum atomic E-state index is 11.8. The van der Waals surface area contributed by atoms with Gasteiger partial charge in [0.1, 0.15) is 0 Å². The van der Waals surface area contributed by atoms with Crippen molar-refractivity contribution < 1.29 is 17.9 Å². The third-order valence-electron chi connectivity index (χ3n) is 8.18. The highest BCUT2D eigenvalue weighted by Gasteiger charge is 2.36. The minimum atomic E-state index is -4.10. The van der Waals surface area contributed by atoms with Gasteiger partial charge >= 0.3 is 6.18 Å². The molecule has 0 saturated carbocycles. The van der Waals surface area contributed by atoms with E-state index in [2.05, 4.69) is 40.7 Å². The minimum Gasteiger partial charge on any atom is -0.379 e. The van der Waals surface area contributed by atoms with E-state index in [0.717, 1.165) is 49.9 Å². The molecule has 4 nitrogen and oxygen atoms in total. The molecular formula is C31H48F3N3O. The number of hydrogen-bond acceptors (Lipinski definition) is 4. The number of halogens is 3. The van der Waals surface area contributed by atoms with Crippen LogP contribution in [-0.4, -0.2) is 85.4 Å². The monoisotopic (exact) mass is 535 g/mol. The number of piperidine rings is 1. The van der Waals surface area contributed by atoms with Crippen LogP contribution in [0.25, 0.3) is 0 Å². The lowest BCUT2D eigenvalue weighted by molar-refractivity contribution is -0.127. The molecular weight excluding hydrogens is 487 g/mol. The Balaban J connectivity index is 0.000000242. The van der Waals surface area contributed by atoms with Crippen molar-refractivity contribution in [3.8, 4) is 0 Å². The first-order valence-corrected chi connectivity index (χ1v) is 14.5. The van der Waals surface area contributed by atoms with Gasteiger partial charge in [0.25, 0.3) is 0 Å². The zero-order valence-electron chi connectivity index (χ0n) is 24.1. The third kappa shape index (κ3) is 9.13. The molecule has 3 fully saturated rings. The molecule has 1 aromatic rings. The molecule has 38 heavy (non-hydrogen) atoms. The van der Waals surface area contributed by atoms with E-state index in [4.69, 9.17) is 4.74 Å². The topological polar surface area (TPSA) is 19.0 Å². The summed E-state index contributed by atoms with van der Waals surface area (Å²) in [5.74, 6) is 0.718. The van der Waals surface area contributed by atoms with Crippen LogP contribution in [0.15, 0.2) is 47.7 Å². The molecule has 7 heteroatoms. The molecule has 3 saturated heterocycles. The van der Waals surface area contributed by atoms with Gasteiger partial charge in [0, 0.05) is 57.0 Å². The molecule has 0 bridgehead atoms. The second kappa shape index (κ2) is 14.5. The fourth-order valence-electron chi connectivity index (χ4n) is 5.74. The van der Waals surface area contributed by atoms with Gasteiger partial charge in [0.05, 0.1) is 19.6 Å². The summed E-state index contributed by atoms with van der Waals surface area (Å²) in [6, 6.07) is 7.87. The highest BCUT2D eigenvalue weighted by molar-refractivity contribution is 5.28. The number of morpholine rings is 1. The van der Waals surface area contributed by atoms with E-state index < -0.39 is 12.6 Å². The Labute approximate surface area is 228 Å². The largest absolute Gasteiger partial charge is 0.393 e. The van der Waals surface area contributed by atoms with Crippen LogP contribution >= 0.6 is 0 Å². The molecule has 1 aromatic carbocycles. The zero-order valence-corrected chi connectivity index (χ0v) is 24.1. The van der Waals surface area contributed by atoms with Crippen molar-refractivity contribution in [2.24, 2.45) is 5.92 Å². The molecule has 5 rings (SSSR count). The molecule has 0 aromatic heterocycles. The van der Waals surface area contributed by atoms with Gasteiger partial charge in [0.2, 0.25) is 0 Å². The normalized spacial score (nSPS) is 26.6. The molecule has 0 N–H and O–H groups in total. The van der Waals surface area contributed by atoms with Crippen molar-refractivity contribution >= 4 is 0 Å². The summed E-state index contributed by atoms with van der Waals surface area (Å²) in [5, 5.41) is 0. The van der Waals surface area contributed by atoms with E-state index in [1.165, 1.54) is 63.3 Å². The number of allylic oxidation sites excluding steroid dienone is 3. The molecule has 0 amide bonds. The van der Waals surface area contributed by atoms with E-state index in [-0.39, 0.29) is 0 Å². The summed E-state index contributed by atoms with van der Waals surface area (Å²) in [5.41, 5.74) is 4.32. The maximum absolute atomic E-state index is 11.8. The van der Waals surface area contributed by atoms with Gasteiger partial charge in [0.15, 0.2) is 0 Å². The van der Waals surface area contributed by atoms with Gasteiger partial charge in [-0.3, -0.25) is 9.80 Å². The van der Waals surface area contributed by atoms with Crippen molar-refractivity contribution in [2.45, 2.75) is 78.6 Å². The SMILES string of the molecule is CC.CC1=CC(N2CCN3CCC(N4CCOCC4)CC3C2)=CCC1C.Cc1ccc(CC(F)(F)F)cc1. The standard InChI is InChI=1S/C20H33N3O.C9H9F3.C2H6/c1-16-3-4-18(13-17(16)2)23-8-7-21-6-5-19(14-20(21)15-23)22-9-11-24-12-10-22;1-7-2-4-8(5-3-7)6-9(10,11)12;1-2/h4,13,16,19-20H,3,5-12,14-15H2,1-2H3;2-5H,6H2,1H3;1-2H3. The number of nitrogens with zero attached hydrogens (tertiary/aromatic N) is 3. The molecule has 0 radical (unpaired) electrons. The minimum absolute atomic E-state index is 0.313. The summed E-state index contributed by atoms with van der Waals surface area (Å²) in [4.78, 5) is 8.08. The molecule has 4 aliphatic rings. The number of fused-ring (bicyclic) bond motifs is 1. The quantitative estimate of drug-likeness (QED) is 0.442. The molecule has 214 valence electrons. The molecule has 3 unspecified atom stereocenters. The average molecular weight is 536 g/mol. The summed E-state index contributed by atoms with van der Waals surface area (Å²) < 4.78 is 41.1. The molecule has 1 aliphatic carbocycles. The highest BCUT2D eigenvalue weighted by Crippen LogP contribution is 2.30. The number of alkyl halides is 3. The Morgan fingerprint density at radius 3 is 2.18 bits per heavy atom. The molecule has 3 aliphatic heterocycles. The highest BCUT2D eigenvalue weighted by atomic mass is 19.4. The van der Waals surface area contributed by atoms with Gasteiger partial charge in [-0.05, 0) is 50.7 Å². The van der Waals surface area contributed by atoms with Gasteiger partial charge in [-0.15, -0.1) is 0 Å². The second-order valence-corrected chi connectivity index (χ2v) is 10.9. The number of benzene rings is 1. The Kier molecular flexibility index (Phi) is 11.7. The van der Waals surface area contributed by atoms with Crippen LogP contribution in [0, 0.1) is 12.8 Å². The van der Waals surface area contributed by atoms with Crippen molar-refractivity contribution in [1.29, 1.82) is 0 Å². The summed E-state index contributed by atoms with van der Waals surface area (Å²) >= 11 is 0. The van der Waals surface area contributed by atoms with Gasteiger partial charge < -0.3 is 9.64 Å². The van der Waals surface area contributed by atoms with Crippen molar-refractivity contribution in [1.82, 2.24) is 14.7 Å². The van der Waals surface area contributed by atoms with E-state index in [0.29, 0.717) is 5.56 Å². The smallest absolute Gasteiger partial charge is 0.379 e. The Morgan fingerprint density at radius 2 is 1.55 bits per heavy atom. The van der Waals surface area contributed by atoms with Gasteiger partial charge in [-0.1, -0.05) is 62.2 Å². The molecule has 3 atom stereocenters. The number of piperazine rings is 1. The van der Waals surface area contributed by atoms with Crippen molar-refractivity contribution in [2.75, 3.05) is 52.5 Å². The van der Waals surface area contributed by atoms with Crippen LogP contribution in [0.3, 0.4) is 0 Å². The molecule has 3 heterocycles. The fraction of sp³-hybridized carbons (Fsp3) is 0.677. The predicted octanol–water partition coefficient (Wildman–Crippen LogP) is 6.46. The summed E-state index contributed by atoms with van der Waals surface area (Å²) in [7, 11) is 0. The van der Waals surface area contributed by atoms with Gasteiger partial charge in [-0.25, -0.2) is 0 Å². The lowest BCUT2D eigenvalue weighted by Crippen LogP contribution is -2.59. The summed E-state index contributed by atoms with van der Waals surface area (Å²) in [6.45, 7) is 19.5. The van der Waals surface area contributed by atoms with Crippen molar-refractivity contribution in [3.63, 3.8) is 0 Å². The van der Waals surface area contributed by atoms with E-state index in [1.54, 1.807) is 17.7 Å². The van der Waals surface area contributed by atoms with Gasteiger partial charge in [-0.2, -0.15) is 13.2 Å². The predicted molar refractivity (Wildman–Crippen MR) is 150 cm³/mol. The van der Waals surface area contributed by atoms with Crippen molar-refractivity contribution in [3.05, 3.63) is 58.8 Å². The lowest BCUT2D eigenvalue weighted by Gasteiger charge is -2.49. The molecule has 0 spiro atoms. The van der Waals surface area contributed by atoms with E-state index >= 15 is 0 Å². The van der Waals surface area contributed by atoms with Crippen LogP contribution in [0.5, 0.6) is 0 Å². The van der Waals surface area contributed by atoms with Crippen LogP contribution in [-0.2, 0) is 11.2 Å². The third-order valence-corrected chi connectivity index (χ3v) is 8.18.